The standard InChI is InChI=1S/C18H28N2OS/c1-4-16(21-17-9-7-8-14(2)15(17)3)18(22)19-10-13-20-11-5-6-12-20/h7-9,16H,4-6,10-13H2,1-3H3,(H,19,22). The number of aryl methyl sites for hydroxylation is 1. The number of hydrogen-bond acceptors (Lipinski definition) is 3. The summed E-state index contributed by atoms with van der Waals surface area (Å²) in [5.41, 5.74) is 2.45. The fourth-order valence-electron chi connectivity index (χ4n) is 2.78. The van der Waals surface area contributed by atoms with Crippen LogP contribution >= 0.6 is 12.2 Å². The van der Waals surface area contributed by atoms with Crippen molar-refractivity contribution < 1.29 is 4.74 Å². The molecule has 1 aliphatic heterocycles. The van der Waals surface area contributed by atoms with Gasteiger partial charge in [-0.3, -0.25) is 0 Å². The van der Waals surface area contributed by atoms with Gasteiger partial charge in [0.05, 0.1) is 0 Å². The van der Waals surface area contributed by atoms with Crippen molar-refractivity contribution in [3.63, 3.8) is 0 Å². The molecule has 0 spiro atoms. The molecule has 1 aliphatic rings. The van der Waals surface area contributed by atoms with E-state index < -0.39 is 0 Å². The minimum atomic E-state index is -0.0471. The Hall–Kier alpha value is -1.13. The summed E-state index contributed by atoms with van der Waals surface area (Å²) in [7, 11) is 0. The Labute approximate surface area is 140 Å². The second kappa shape index (κ2) is 8.49. The Morgan fingerprint density at radius 1 is 1.32 bits per heavy atom. The quantitative estimate of drug-likeness (QED) is 0.778. The van der Waals surface area contributed by atoms with Crippen molar-refractivity contribution in [1.82, 2.24) is 10.2 Å². The average molecular weight is 321 g/mol. The molecule has 0 bridgehead atoms. The molecular weight excluding hydrogens is 292 g/mol. The zero-order valence-electron chi connectivity index (χ0n) is 14.0. The van der Waals surface area contributed by atoms with Crippen molar-refractivity contribution in [3.8, 4) is 5.75 Å². The summed E-state index contributed by atoms with van der Waals surface area (Å²) >= 11 is 5.54. The van der Waals surface area contributed by atoms with Gasteiger partial charge in [-0.2, -0.15) is 0 Å². The van der Waals surface area contributed by atoms with E-state index in [9.17, 15) is 0 Å². The predicted octanol–water partition coefficient (Wildman–Crippen LogP) is 3.47. The summed E-state index contributed by atoms with van der Waals surface area (Å²) in [6.07, 6.45) is 3.49. The molecule has 1 heterocycles. The number of thiocarbonyl (C=S) groups is 1. The fourth-order valence-corrected chi connectivity index (χ4v) is 3.10. The lowest BCUT2D eigenvalue weighted by Crippen LogP contribution is -2.40. The van der Waals surface area contributed by atoms with Gasteiger partial charge in [-0.25, -0.2) is 0 Å². The zero-order valence-corrected chi connectivity index (χ0v) is 14.8. The summed E-state index contributed by atoms with van der Waals surface area (Å²) in [5, 5.41) is 3.38. The summed E-state index contributed by atoms with van der Waals surface area (Å²) in [4.78, 5) is 3.31. The minimum Gasteiger partial charge on any atom is -0.483 e. The smallest absolute Gasteiger partial charge is 0.148 e. The second-order valence-electron chi connectivity index (χ2n) is 6.05. The maximum absolute atomic E-state index is 6.14. The Balaban J connectivity index is 1.84. The van der Waals surface area contributed by atoms with Crippen LogP contribution in [0.3, 0.4) is 0 Å². The monoisotopic (exact) mass is 320 g/mol. The third-order valence-electron chi connectivity index (χ3n) is 4.41. The van der Waals surface area contributed by atoms with Crippen molar-refractivity contribution >= 4 is 17.2 Å². The Bertz CT molecular complexity index is 498. The van der Waals surface area contributed by atoms with Gasteiger partial charge in [0.1, 0.15) is 16.8 Å². The zero-order chi connectivity index (χ0) is 15.9. The molecule has 1 unspecified atom stereocenters. The topological polar surface area (TPSA) is 24.5 Å². The van der Waals surface area contributed by atoms with Gasteiger partial charge >= 0.3 is 0 Å². The van der Waals surface area contributed by atoms with Crippen LogP contribution in [-0.4, -0.2) is 42.2 Å². The Kier molecular flexibility index (Phi) is 6.65. The van der Waals surface area contributed by atoms with Crippen LogP contribution in [0.4, 0.5) is 0 Å². The van der Waals surface area contributed by atoms with Crippen LogP contribution in [0.25, 0.3) is 0 Å². The van der Waals surface area contributed by atoms with Gasteiger partial charge in [-0.15, -0.1) is 0 Å². The lowest BCUT2D eigenvalue weighted by Gasteiger charge is -2.22. The molecule has 1 saturated heterocycles. The van der Waals surface area contributed by atoms with Crippen molar-refractivity contribution in [2.24, 2.45) is 0 Å². The molecule has 1 N–H and O–H groups in total. The van der Waals surface area contributed by atoms with E-state index >= 15 is 0 Å². The highest BCUT2D eigenvalue weighted by molar-refractivity contribution is 7.80. The molecule has 0 saturated carbocycles. The highest BCUT2D eigenvalue weighted by atomic mass is 32.1. The van der Waals surface area contributed by atoms with Gasteiger partial charge in [-0.05, 0) is 63.4 Å². The molecule has 1 fully saturated rings. The van der Waals surface area contributed by atoms with Gasteiger partial charge in [0.2, 0.25) is 0 Å². The minimum absolute atomic E-state index is 0.0471. The summed E-state index contributed by atoms with van der Waals surface area (Å²) in [5.74, 6) is 0.940. The summed E-state index contributed by atoms with van der Waals surface area (Å²) in [6.45, 7) is 10.8. The number of nitrogens with zero attached hydrogens (tertiary/aromatic N) is 1. The first kappa shape index (κ1) is 17.2. The molecular formula is C18H28N2OS. The van der Waals surface area contributed by atoms with E-state index in [0.717, 1.165) is 30.2 Å². The van der Waals surface area contributed by atoms with E-state index in [0.29, 0.717) is 0 Å². The first-order chi connectivity index (χ1) is 10.6. The number of benzene rings is 1. The number of hydrogen-bond donors (Lipinski definition) is 1. The normalized spacial score (nSPS) is 16.5. The van der Waals surface area contributed by atoms with Gasteiger partial charge in [0.25, 0.3) is 0 Å². The van der Waals surface area contributed by atoms with Gasteiger partial charge in [0, 0.05) is 13.1 Å². The third-order valence-corrected chi connectivity index (χ3v) is 4.82. The number of likely N-dealkylation sites (tertiary alicyclic amines) is 1. The number of nitrogens with one attached hydrogen (secondary N) is 1. The Morgan fingerprint density at radius 3 is 2.73 bits per heavy atom. The van der Waals surface area contributed by atoms with Crippen LogP contribution in [0.2, 0.25) is 0 Å². The highest BCUT2D eigenvalue weighted by Gasteiger charge is 2.16. The lowest BCUT2D eigenvalue weighted by molar-refractivity contribution is 0.258. The molecule has 1 aromatic rings. The van der Waals surface area contributed by atoms with Crippen molar-refractivity contribution in [1.29, 1.82) is 0 Å². The van der Waals surface area contributed by atoms with Gasteiger partial charge < -0.3 is 15.0 Å². The molecule has 0 radical (unpaired) electrons. The SMILES string of the molecule is CCC(Oc1cccc(C)c1C)C(=S)NCCN1CCCC1. The molecule has 0 aromatic heterocycles. The van der Waals surface area contributed by atoms with Crippen molar-refractivity contribution in [2.75, 3.05) is 26.2 Å². The van der Waals surface area contributed by atoms with Gasteiger partial charge in [-0.1, -0.05) is 31.3 Å². The van der Waals surface area contributed by atoms with Crippen molar-refractivity contribution in [3.05, 3.63) is 29.3 Å². The largest absolute Gasteiger partial charge is 0.483 e. The van der Waals surface area contributed by atoms with E-state index in [1.807, 2.05) is 12.1 Å². The van der Waals surface area contributed by atoms with E-state index in [4.69, 9.17) is 17.0 Å². The Morgan fingerprint density at radius 2 is 2.05 bits per heavy atom. The molecule has 22 heavy (non-hydrogen) atoms. The first-order valence-electron chi connectivity index (χ1n) is 8.34. The summed E-state index contributed by atoms with van der Waals surface area (Å²) in [6, 6.07) is 6.17. The number of rotatable bonds is 7. The predicted molar refractivity (Wildman–Crippen MR) is 96.9 cm³/mol. The van der Waals surface area contributed by atoms with E-state index in [1.54, 1.807) is 0 Å². The molecule has 1 atom stereocenters. The van der Waals surface area contributed by atoms with Crippen molar-refractivity contribution in [2.45, 2.75) is 46.1 Å². The average Bonchev–Trinajstić information content (AvgIpc) is 3.02. The van der Waals surface area contributed by atoms with Crippen LogP contribution in [0.15, 0.2) is 18.2 Å². The van der Waals surface area contributed by atoms with Crippen LogP contribution in [0.1, 0.15) is 37.3 Å². The molecule has 2 rings (SSSR count). The molecule has 4 heteroatoms. The van der Waals surface area contributed by atoms with Crippen LogP contribution in [-0.2, 0) is 0 Å². The third kappa shape index (κ3) is 4.68. The molecule has 0 amide bonds. The fraction of sp³-hybridized carbons (Fsp3) is 0.611. The van der Waals surface area contributed by atoms with Crippen LogP contribution < -0.4 is 10.1 Å². The maximum atomic E-state index is 6.14. The highest BCUT2D eigenvalue weighted by Crippen LogP contribution is 2.22. The van der Waals surface area contributed by atoms with E-state index in [2.05, 4.69) is 37.1 Å². The van der Waals surface area contributed by atoms with Crippen LogP contribution in [0, 0.1) is 13.8 Å². The van der Waals surface area contributed by atoms with E-state index in [1.165, 1.54) is 37.1 Å². The molecule has 3 nitrogen and oxygen atoms in total. The molecule has 122 valence electrons. The first-order valence-corrected chi connectivity index (χ1v) is 8.75. The van der Waals surface area contributed by atoms with Crippen LogP contribution in [0.5, 0.6) is 5.75 Å². The molecule has 1 aromatic carbocycles. The molecule has 0 aliphatic carbocycles. The number of ether oxygens (including phenoxy) is 1. The van der Waals surface area contributed by atoms with Gasteiger partial charge in [0.15, 0.2) is 0 Å². The maximum Gasteiger partial charge on any atom is 0.148 e. The van der Waals surface area contributed by atoms with E-state index in [-0.39, 0.29) is 6.10 Å². The second-order valence-corrected chi connectivity index (χ2v) is 6.49. The summed E-state index contributed by atoms with van der Waals surface area (Å²) < 4.78 is 6.14. The lowest BCUT2D eigenvalue weighted by atomic mass is 10.1.